The number of anilines is 1. The molecule has 1 saturated carbocycles. The van der Waals surface area contributed by atoms with Gasteiger partial charge in [-0.15, -0.1) is 11.3 Å². The van der Waals surface area contributed by atoms with E-state index in [2.05, 4.69) is 31.1 Å². The average Bonchev–Trinajstić information content (AvgIpc) is 3.08. The fourth-order valence-electron chi connectivity index (χ4n) is 1.65. The molecule has 1 aromatic rings. The van der Waals surface area contributed by atoms with E-state index in [9.17, 15) is 0 Å². The van der Waals surface area contributed by atoms with Crippen molar-refractivity contribution < 1.29 is 4.74 Å². The van der Waals surface area contributed by atoms with Crippen LogP contribution < -0.4 is 10.2 Å². The molecule has 0 atom stereocenters. The van der Waals surface area contributed by atoms with Gasteiger partial charge in [0.05, 0.1) is 12.3 Å². The van der Waals surface area contributed by atoms with Gasteiger partial charge in [-0.2, -0.15) is 0 Å². The van der Waals surface area contributed by atoms with E-state index < -0.39 is 0 Å². The quantitative estimate of drug-likeness (QED) is 0.825. The molecule has 0 radical (unpaired) electrons. The summed E-state index contributed by atoms with van der Waals surface area (Å²) in [4.78, 5) is 8.22. The fourth-order valence-corrected chi connectivity index (χ4v) is 2.76. The summed E-state index contributed by atoms with van der Waals surface area (Å²) in [5.74, 6) is 0. The molecule has 5 heteroatoms. The van der Waals surface area contributed by atoms with E-state index in [0.29, 0.717) is 12.6 Å². The second kappa shape index (κ2) is 5.99. The van der Waals surface area contributed by atoms with Crippen molar-refractivity contribution in [1.29, 1.82) is 0 Å². The Bertz CT molecular complexity index is 388. The third-order valence-electron chi connectivity index (χ3n) is 3.25. The highest BCUT2D eigenvalue weighted by atomic mass is 32.1. The van der Waals surface area contributed by atoms with Crippen LogP contribution in [0.5, 0.6) is 0 Å². The third kappa shape index (κ3) is 3.43. The van der Waals surface area contributed by atoms with Gasteiger partial charge in [0.25, 0.3) is 0 Å². The van der Waals surface area contributed by atoms with E-state index in [1.54, 1.807) is 18.4 Å². The molecule has 102 valence electrons. The van der Waals surface area contributed by atoms with Gasteiger partial charge in [0, 0.05) is 37.7 Å². The van der Waals surface area contributed by atoms with Crippen molar-refractivity contribution in [2.75, 3.05) is 19.1 Å². The third-order valence-corrected chi connectivity index (χ3v) is 4.44. The smallest absolute Gasteiger partial charge is 0.185 e. The van der Waals surface area contributed by atoms with Gasteiger partial charge in [0.1, 0.15) is 0 Å². The molecule has 0 spiro atoms. The summed E-state index contributed by atoms with van der Waals surface area (Å²) in [7, 11) is 3.82. The second-order valence-corrected chi connectivity index (χ2v) is 6.22. The molecule has 0 amide bonds. The molecule has 0 aliphatic heterocycles. The number of hydrogen-bond acceptors (Lipinski definition) is 5. The molecule has 1 aliphatic carbocycles. The lowest BCUT2D eigenvalue weighted by atomic mass is 10.3. The van der Waals surface area contributed by atoms with Crippen molar-refractivity contribution in [1.82, 2.24) is 10.3 Å². The number of rotatable bonds is 7. The first kappa shape index (κ1) is 13.8. The van der Waals surface area contributed by atoms with Crippen LogP contribution in [0, 0.1) is 0 Å². The summed E-state index contributed by atoms with van der Waals surface area (Å²) in [5.41, 5.74) is 1.08. The van der Waals surface area contributed by atoms with Crippen LogP contribution in [0.25, 0.3) is 0 Å². The Morgan fingerprint density at radius 1 is 1.50 bits per heavy atom. The van der Waals surface area contributed by atoms with Gasteiger partial charge in [0.15, 0.2) is 5.13 Å². The Morgan fingerprint density at radius 2 is 2.22 bits per heavy atom. The first-order valence-electron chi connectivity index (χ1n) is 6.55. The van der Waals surface area contributed by atoms with Crippen LogP contribution in [0.15, 0.2) is 0 Å². The maximum Gasteiger partial charge on any atom is 0.185 e. The largest absolute Gasteiger partial charge is 0.378 e. The number of ether oxygens (including phenoxy) is 1. The highest BCUT2D eigenvalue weighted by Gasteiger charge is 2.22. The lowest BCUT2D eigenvalue weighted by Gasteiger charge is -2.19. The highest BCUT2D eigenvalue weighted by Crippen LogP contribution is 2.28. The highest BCUT2D eigenvalue weighted by molar-refractivity contribution is 7.15. The Balaban J connectivity index is 2.08. The van der Waals surface area contributed by atoms with Crippen molar-refractivity contribution >= 4 is 16.5 Å². The summed E-state index contributed by atoms with van der Waals surface area (Å²) in [5, 5.41) is 4.64. The summed E-state index contributed by atoms with van der Waals surface area (Å²) >= 11 is 1.78. The van der Waals surface area contributed by atoms with E-state index in [4.69, 9.17) is 9.72 Å². The molecule has 1 fully saturated rings. The van der Waals surface area contributed by atoms with Gasteiger partial charge >= 0.3 is 0 Å². The molecular weight excluding hydrogens is 246 g/mol. The first-order valence-corrected chi connectivity index (χ1v) is 7.37. The molecule has 1 heterocycles. The number of nitrogens with one attached hydrogen (secondary N) is 1. The number of aromatic nitrogens is 1. The molecule has 1 aliphatic rings. The minimum atomic E-state index is 0.468. The zero-order chi connectivity index (χ0) is 13.1. The number of hydrogen-bond donors (Lipinski definition) is 1. The van der Waals surface area contributed by atoms with E-state index >= 15 is 0 Å². The maximum absolute atomic E-state index is 5.24. The van der Waals surface area contributed by atoms with Gasteiger partial charge in [0.2, 0.25) is 0 Å². The van der Waals surface area contributed by atoms with Crippen LogP contribution in [0.1, 0.15) is 37.3 Å². The van der Waals surface area contributed by atoms with Crippen molar-refractivity contribution in [2.24, 2.45) is 0 Å². The van der Waals surface area contributed by atoms with E-state index in [0.717, 1.165) is 23.4 Å². The molecule has 1 N–H and O–H groups in total. The Labute approximate surface area is 113 Å². The Morgan fingerprint density at radius 3 is 2.78 bits per heavy atom. The van der Waals surface area contributed by atoms with Gasteiger partial charge in [-0.1, -0.05) is 0 Å². The van der Waals surface area contributed by atoms with Crippen molar-refractivity contribution in [3.63, 3.8) is 0 Å². The maximum atomic E-state index is 5.24. The summed E-state index contributed by atoms with van der Waals surface area (Å²) in [6.45, 7) is 5.89. The SMILES string of the molecule is COCc1nc(N(C)C(C)C)sc1CNC1CC1. The van der Waals surface area contributed by atoms with E-state index in [-0.39, 0.29) is 0 Å². The number of methoxy groups -OCH3 is 1. The summed E-state index contributed by atoms with van der Waals surface area (Å²) < 4.78 is 5.24. The number of nitrogens with zero attached hydrogens (tertiary/aromatic N) is 2. The predicted molar refractivity (Wildman–Crippen MR) is 76.2 cm³/mol. The molecule has 0 unspecified atom stereocenters. The molecule has 0 aromatic carbocycles. The van der Waals surface area contributed by atoms with Crippen LogP contribution in [0.3, 0.4) is 0 Å². The summed E-state index contributed by atoms with van der Waals surface area (Å²) in [6, 6.07) is 1.20. The lowest BCUT2D eigenvalue weighted by molar-refractivity contribution is 0.181. The molecule has 2 rings (SSSR count). The fraction of sp³-hybridized carbons (Fsp3) is 0.769. The topological polar surface area (TPSA) is 37.4 Å². The zero-order valence-electron chi connectivity index (χ0n) is 11.7. The molecule has 1 aromatic heterocycles. The van der Waals surface area contributed by atoms with Crippen molar-refractivity contribution in [3.8, 4) is 0 Å². The van der Waals surface area contributed by atoms with Gasteiger partial charge < -0.3 is 15.0 Å². The van der Waals surface area contributed by atoms with Crippen LogP contribution in [-0.2, 0) is 17.9 Å². The van der Waals surface area contributed by atoms with Crippen LogP contribution in [-0.4, -0.2) is 31.2 Å². The van der Waals surface area contributed by atoms with Gasteiger partial charge in [-0.3, -0.25) is 0 Å². The Hall–Kier alpha value is -0.650. The van der Waals surface area contributed by atoms with Crippen LogP contribution in [0.2, 0.25) is 0 Å². The molecular formula is C13H23N3OS. The monoisotopic (exact) mass is 269 g/mol. The Kier molecular flexibility index (Phi) is 4.59. The first-order chi connectivity index (χ1) is 8.61. The van der Waals surface area contributed by atoms with Crippen LogP contribution >= 0.6 is 11.3 Å². The molecule has 18 heavy (non-hydrogen) atoms. The minimum absolute atomic E-state index is 0.468. The second-order valence-electron chi connectivity index (χ2n) is 5.16. The minimum Gasteiger partial charge on any atom is -0.378 e. The molecule has 0 bridgehead atoms. The van der Waals surface area contributed by atoms with Crippen molar-refractivity contribution in [3.05, 3.63) is 10.6 Å². The zero-order valence-corrected chi connectivity index (χ0v) is 12.5. The summed E-state index contributed by atoms with van der Waals surface area (Å²) in [6.07, 6.45) is 2.63. The van der Waals surface area contributed by atoms with Gasteiger partial charge in [-0.25, -0.2) is 4.98 Å². The normalized spacial score (nSPS) is 15.4. The van der Waals surface area contributed by atoms with E-state index in [1.165, 1.54) is 17.7 Å². The average molecular weight is 269 g/mol. The lowest BCUT2D eigenvalue weighted by Crippen LogP contribution is -2.25. The van der Waals surface area contributed by atoms with Gasteiger partial charge in [-0.05, 0) is 26.7 Å². The standard InChI is InChI=1S/C13H23N3OS/c1-9(2)16(3)13-15-11(8-17-4)12(18-13)7-14-10-5-6-10/h9-10,14H,5-8H2,1-4H3. The number of thiazole rings is 1. The molecule has 4 nitrogen and oxygen atoms in total. The van der Waals surface area contributed by atoms with Crippen molar-refractivity contribution in [2.45, 2.75) is 51.9 Å². The van der Waals surface area contributed by atoms with E-state index in [1.807, 2.05) is 0 Å². The predicted octanol–water partition coefficient (Wildman–Crippen LogP) is 2.39. The van der Waals surface area contributed by atoms with Crippen LogP contribution in [0.4, 0.5) is 5.13 Å². The molecule has 0 saturated heterocycles.